The Kier molecular flexibility index (Phi) is 3.87. The van der Waals surface area contributed by atoms with Crippen molar-refractivity contribution in [2.75, 3.05) is 31.1 Å². The molecular weight excluding hydrogens is 254 g/mol. The van der Waals surface area contributed by atoms with E-state index in [1.165, 1.54) is 25.7 Å². The van der Waals surface area contributed by atoms with E-state index in [0.717, 1.165) is 38.0 Å². The largest absolute Gasteiger partial charge is 0.478 e. The Morgan fingerprint density at radius 3 is 2.55 bits per heavy atom. The third kappa shape index (κ3) is 2.77. The first-order valence-corrected chi connectivity index (χ1v) is 7.42. The van der Waals surface area contributed by atoms with Gasteiger partial charge in [-0.25, -0.2) is 9.78 Å². The Labute approximate surface area is 119 Å². The van der Waals surface area contributed by atoms with E-state index in [-0.39, 0.29) is 0 Å². The fourth-order valence-electron chi connectivity index (χ4n) is 3.31. The van der Waals surface area contributed by atoms with Crippen LogP contribution in [0.3, 0.4) is 0 Å². The fourth-order valence-corrected chi connectivity index (χ4v) is 3.31. The van der Waals surface area contributed by atoms with Crippen molar-refractivity contribution in [3.63, 3.8) is 0 Å². The molecule has 1 aliphatic heterocycles. The van der Waals surface area contributed by atoms with Crippen LogP contribution in [-0.4, -0.2) is 53.2 Å². The van der Waals surface area contributed by atoms with Gasteiger partial charge in [0.1, 0.15) is 5.82 Å². The van der Waals surface area contributed by atoms with Crippen LogP contribution in [-0.2, 0) is 0 Å². The second-order valence-electron chi connectivity index (χ2n) is 5.67. The number of aromatic nitrogens is 1. The number of rotatable bonds is 3. The van der Waals surface area contributed by atoms with E-state index in [9.17, 15) is 4.79 Å². The summed E-state index contributed by atoms with van der Waals surface area (Å²) in [6.07, 6.45) is 7.00. The molecule has 1 N–H and O–H groups in total. The maximum atomic E-state index is 11.0. The molecule has 5 heteroatoms. The molecule has 2 heterocycles. The maximum Gasteiger partial charge on any atom is 0.335 e. The SMILES string of the molecule is O=C(O)c1ccnc(N2CCN(C3CCCC3)CC2)c1. The number of pyridine rings is 1. The van der Waals surface area contributed by atoms with Crippen molar-refractivity contribution >= 4 is 11.8 Å². The van der Waals surface area contributed by atoms with Gasteiger partial charge in [-0.05, 0) is 25.0 Å². The highest BCUT2D eigenvalue weighted by atomic mass is 16.4. The smallest absolute Gasteiger partial charge is 0.335 e. The average molecular weight is 275 g/mol. The zero-order chi connectivity index (χ0) is 13.9. The second-order valence-corrected chi connectivity index (χ2v) is 5.67. The van der Waals surface area contributed by atoms with Crippen LogP contribution in [0.25, 0.3) is 0 Å². The van der Waals surface area contributed by atoms with E-state index in [0.29, 0.717) is 5.56 Å². The van der Waals surface area contributed by atoms with Crippen molar-refractivity contribution in [3.8, 4) is 0 Å². The van der Waals surface area contributed by atoms with Gasteiger partial charge in [-0.15, -0.1) is 0 Å². The van der Waals surface area contributed by atoms with E-state index in [1.807, 2.05) is 0 Å². The first-order valence-electron chi connectivity index (χ1n) is 7.42. The standard InChI is InChI=1S/C15H21N3O2/c19-15(20)12-5-6-16-14(11-12)18-9-7-17(8-10-18)13-3-1-2-4-13/h5-6,11,13H,1-4,7-10H2,(H,19,20). The Morgan fingerprint density at radius 1 is 1.20 bits per heavy atom. The van der Waals surface area contributed by atoms with E-state index in [1.54, 1.807) is 18.3 Å². The number of piperazine rings is 1. The van der Waals surface area contributed by atoms with Crippen molar-refractivity contribution in [1.82, 2.24) is 9.88 Å². The summed E-state index contributed by atoms with van der Waals surface area (Å²) in [5.41, 5.74) is 0.313. The lowest BCUT2D eigenvalue weighted by molar-refractivity contribution is 0.0697. The molecule has 1 aliphatic carbocycles. The summed E-state index contributed by atoms with van der Waals surface area (Å²) in [4.78, 5) is 20.1. The van der Waals surface area contributed by atoms with Gasteiger partial charge >= 0.3 is 5.97 Å². The van der Waals surface area contributed by atoms with Gasteiger partial charge in [0.05, 0.1) is 5.56 Å². The van der Waals surface area contributed by atoms with Crippen molar-refractivity contribution in [2.24, 2.45) is 0 Å². The topological polar surface area (TPSA) is 56.7 Å². The Balaban J connectivity index is 1.62. The lowest BCUT2D eigenvalue weighted by Gasteiger charge is -2.38. The lowest BCUT2D eigenvalue weighted by atomic mass is 10.1. The molecule has 108 valence electrons. The molecular formula is C15H21N3O2. The van der Waals surface area contributed by atoms with Gasteiger partial charge in [0.2, 0.25) is 0 Å². The first kappa shape index (κ1) is 13.4. The molecule has 1 aromatic rings. The highest BCUT2D eigenvalue weighted by Crippen LogP contribution is 2.25. The van der Waals surface area contributed by atoms with E-state index in [2.05, 4.69) is 14.8 Å². The summed E-state index contributed by atoms with van der Waals surface area (Å²) in [6, 6.07) is 3.99. The predicted octanol–water partition coefficient (Wildman–Crippen LogP) is 1.84. The Hall–Kier alpha value is -1.62. The van der Waals surface area contributed by atoms with Gasteiger partial charge in [0.25, 0.3) is 0 Å². The number of aromatic carboxylic acids is 1. The van der Waals surface area contributed by atoms with E-state index < -0.39 is 5.97 Å². The number of carbonyl (C=O) groups is 1. The zero-order valence-electron chi connectivity index (χ0n) is 11.7. The molecule has 2 aliphatic rings. The quantitative estimate of drug-likeness (QED) is 0.912. The van der Waals surface area contributed by atoms with Gasteiger partial charge in [0.15, 0.2) is 0 Å². The van der Waals surface area contributed by atoms with Crippen LogP contribution in [0.2, 0.25) is 0 Å². The highest BCUT2D eigenvalue weighted by Gasteiger charge is 2.26. The minimum Gasteiger partial charge on any atom is -0.478 e. The minimum absolute atomic E-state index is 0.313. The Morgan fingerprint density at radius 2 is 1.90 bits per heavy atom. The molecule has 20 heavy (non-hydrogen) atoms. The predicted molar refractivity (Wildman–Crippen MR) is 77.2 cm³/mol. The first-order chi connectivity index (χ1) is 9.74. The number of hydrogen-bond donors (Lipinski definition) is 1. The van der Waals surface area contributed by atoms with Gasteiger partial charge in [-0.1, -0.05) is 12.8 Å². The van der Waals surface area contributed by atoms with Crippen LogP contribution >= 0.6 is 0 Å². The number of carboxylic acid groups (broad SMARTS) is 1. The van der Waals surface area contributed by atoms with Crippen LogP contribution < -0.4 is 4.90 Å². The molecule has 0 unspecified atom stereocenters. The maximum absolute atomic E-state index is 11.0. The summed E-state index contributed by atoms with van der Waals surface area (Å²) in [5, 5.41) is 9.04. The van der Waals surface area contributed by atoms with Crippen LogP contribution in [0, 0.1) is 0 Å². The number of nitrogens with zero attached hydrogens (tertiary/aromatic N) is 3. The molecule has 1 saturated carbocycles. The molecule has 2 fully saturated rings. The highest BCUT2D eigenvalue weighted by molar-refractivity contribution is 5.88. The molecule has 3 rings (SSSR count). The number of hydrogen-bond acceptors (Lipinski definition) is 4. The summed E-state index contributed by atoms with van der Waals surface area (Å²) < 4.78 is 0. The molecule has 0 radical (unpaired) electrons. The normalized spacial score (nSPS) is 21.3. The molecule has 0 spiro atoms. The molecule has 0 aromatic carbocycles. The average Bonchev–Trinajstić information content (AvgIpc) is 3.02. The summed E-state index contributed by atoms with van der Waals surface area (Å²) in [6.45, 7) is 3.99. The van der Waals surface area contributed by atoms with Crippen molar-refractivity contribution in [2.45, 2.75) is 31.7 Å². The van der Waals surface area contributed by atoms with Crippen LogP contribution in [0.15, 0.2) is 18.3 Å². The van der Waals surface area contributed by atoms with E-state index >= 15 is 0 Å². The van der Waals surface area contributed by atoms with Crippen molar-refractivity contribution in [3.05, 3.63) is 23.9 Å². The van der Waals surface area contributed by atoms with Gasteiger partial charge < -0.3 is 10.0 Å². The third-order valence-electron chi connectivity index (χ3n) is 4.47. The summed E-state index contributed by atoms with van der Waals surface area (Å²) in [5.74, 6) is -0.103. The third-order valence-corrected chi connectivity index (χ3v) is 4.47. The second kappa shape index (κ2) is 5.79. The minimum atomic E-state index is -0.891. The van der Waals surface area contributed by atoms with Crippen LogP contribution in [0.1, 0.15) is 36.0 Å². The van der Waals surface area contributed by atoms with Crippen molar-refractivity contribution < 1.29 is 9.90 Å². The Bertz CT molecular complexity index is 478. The molecule has 5 nitrogen and oxygen atoms in total. The molecule has 0 bridgehead atoms. The zero-order valence-corrected chi connectivity index (χ0v) is 11.7. The molecule has 1 aromatic heterocycles. The summed E-state index contributed by atoms with van der Waals surface area (Å²) >= 11 is 0. The molecule has 1 saturated heterocycles. The fraction of sp³-hybridized carbons (Fsp3) is 0.600. The van der Waals surface area contributed by atoms with Crippen LogP contribution in [0.4, 0.5) is 5.82 Å². The number of carboxylic acids is 1. The molecule has 0 atom stereocenters. The van der Waals surface area contributed by atoms with E-state index in [4.69, 9.17) is 5.11 Å². The van der Waals surface area contributed by atoms with Gasteiger partial charge in [-0.2, -0.15) is 0 Å². The monoisotopic (exact) mass is 275 g/mol. The number of anilines is 1. The van der Waals surface area contributed by atoms with Gasteiger partial charge in [-0.3, -0.25) is 4.90 Å². The van der Waals surface area contributed by atoms with Crippen LogP contribution in [0.5, 0.6) is 0 Å². The molecule has 0 amide bonds. The van der Waals surface area contributed by atoms with Gasteiger partial charge in [0, 0.05) is 38.4 Å². The lowest BCUT2D eigenvalue weighted by Crippen LogP contribution is -2.50. The summed E-state index contributed by atoms with van der Waals surface area (Å²) in [7, 11) is 0. The van der Waals surface area contributed by atoms with Crippen molar-refractivity contribution in [1.29, 1.82) is 0 Å².